The Labute approximate surface area is 118 Å². The van der Waals surface area contributed by atoms with E-state index in [0.29, 0.717) is 11.5 Å². The lowest BCUT2D eigenvalue weighted by atomic mass is 9.93. The van der Waals surface area contributed by atoms with E-state index >= 15 is 0 Å². The van der Waals surface area contributed by atoms with Crippen LogP contribution in [0.2, 0.25) is 0 Å². The van der Waals surface area contributed by atoms with Gasteiger partial charge in [-0.25, -0.2) is 0 Å². The van der Waals surface area contributed by atoms with Gasteiger partial charge in [-0.1, -0.05) is 36.4 Å². The third kappa shape index (κ3) is 3.29. The number of nitrogens with two attached hydrogens (primary N) is 1. The first-order valence-corrected chi connectivity index (χ1v) is 6.40. The Morgan fingerprint density at radius 2 is 1.75 bits per heavy atom. The summed E-state index contributed by atoms with van der Waals surface area (Å²) in [7, 11) is 1.60. The fourth-order valence-electron chi connectivity index (χ4n) is 1.89. The lowest BCUT2D eigenvalue weighted by Gasteiger charge is -2.27. The van der Waals surface area contributed by atoms with Gasteiger partial charge in [-0.2, -0.15) is 0 Å². The fraction of sp³-hybridized carbons (Fsp3) is 0.250. The van der Waals surface area contributed by atoms with Crippen molar-refractivity contribution >= 4 is 0 Å². The van der Waals surface area contributed by atoms with Crippen LogP contribution in [0.3, 0.4) is 0 Å². The first kappa shape index (κ1) is 14.4. The van der Waals surface area contributed by atoms with Gasteiger partial charge in [0, 0.05) is 6.07 Å². The quantitative estimate of drug-likeness (QED) is 0.844. The molecule has 3 N–H and O–H groups in total. The maximum atomic E-state index is 9.59. The summed E-state index contributed by atoms with van der Waals surface area (Å²) in [6, 6.07) is 16.7. The van der Waals surface area contributed by atoms with Gasteiger partial charge in [0.15, 0.2) is 0 Å². The number of methoxy groups -OCH3 is 1. The van der Waals surface area contributed by atoms with Crippen molar-refractivity contribution in [2.75, 3.05) is 20.3 Å². The first-order valence-electron chi connectivity index (χ1n) is 6.40. The van der Waals surface area contributed by atoms with Crippen LogP contribution < -0.4 is 15.2 Å². The Balaban J connectivity index is 2.10. The Morgan fingerprint density at radius 1 is 1.05 bits per heavy atom. The highest BCUT2D eigenvalue weighted by atomic mass is 16.5. The van der Waals surface area contributed by atoms with Crippen LogP contribution in [0.4, 0.5) is 0 Å². The molecule has 0 radical (unpaired) electrons. The molecule has 0 saturated carbocycles. The number of aliphatic hydroxyl groups is 1. The van der Waals surface area contributed by atoms with E-state index in [1.165, 1.54) is 0 Å². The number of benzene rings is 2. The van der Waals surface area contributed by atoms with Crippen LogP contribution in [0, 0.1) is 0 Å². The van der Waals surface area contributed by atoms with Gasteiger partial charge in [0.2, 0.25) is 0 Å². The molecular weight excluding hydrogens is 254 g/mol. The van der Waals surface area contributed by atoms with Crippen molar-refractivity contribution in [1.82, 2.24) is 0 Å². The monoisotopic (exact) mass is 273 g/mol. The van der Waals surface area contributed by atoms with Gasteiger partial charge in [0.05, 0.1) is 19.3 Å². The van der Waals surface area contributed by atoms with Crippen molar-refractivity contribution in [2.24, 2.45) is 5.73 Å². The number of aliphatic hydroxyl groups excluding tert-OH is 1. The van der Waals surface area contributed by atoms with Crippen molar-refractivity contribution in [1.29, 1.82) is 0 Å². The van der Waals surface area contributed by atoms with Gasteiger partial charge in [-0.05, 0) is 17.7 Å². The molecule has 0 amide bonds. The second kappa shape index (κ2) is 6.41. The Kier molecular flexibility index (Phi) is 4.61. The van der Waals surface area contributed by atoms with Gasteiger partial charge in [0.25, 0.3) is 0 Å². The summed E-state index contributed by atoms with van der Waals surface area (Å²) in [4.78, 5) is 0. The molecule has 1 unspecified atom stereocenters. The molecular formula is C16H19NO3. The lowest BCUT2D eigenvalue weighted by molar-refractivity contribution is 0.133. The van der Waals surface area contributed by atoms with Crippen molar-refractivity contribution in [2.45, 2.75) is 5.54 Å². The second-order valence-corrected chi connectivity index (χ2v) is 4.65. The SMILES string of the molecule is COc1cccc(OCC(N)(CO)c2ccccc2)c1. The molecule has 0 bridgehead atoms. The molecule has 4 nitrogen and oxygen atoms in total. The lowest BCUT2D eigenvalue weighted by Crippen LogP contribution is -2.46. The summed E-state index contributed by atoms with van der Waals surface area (Å²) in [6.07, 6.45) is 0. The van der Waals surface area contributed by atoms with Gasteiger partial charge >= 0.3 is 0 Å². The maximum absolute atomic E-state index is 9.59. The Hall–Kier alpha value is -2.04. The molecule has 0 aliphatic heterocycles. The van der Waals surface area contributed by atoms with E-state index in [4.69, 9.17) is 15.2 Å². The highest BCUT2D eigenvalue weighted by molar-refractivity contribution is 5.33. The number of hydrogen-bond acceptors (Lipinski definition) is 4. The highest BCUT2D eigenvalue weighted by Crippen LogP contribution is 2.23. The van der Waals surface area contributed by atoms with Gasteiger partial charge in [-0.15, -0.1) is 0 Å². The van der Waals surface area contributed by atoms with Gasteiger partial charge in [-0.3, -0.25) is 0 Å². The zero-order chi connectivity index (χ0) is 14.4. The molecule has 0 spiro atoms. The normalized spacial score (nSPS) is 13.6. The summed E-state index contributed by atoms with van der Waals surface area (Å²) in [5, 5.41) is 9.59. The third-order valence-electron chi connectivity index (χ3n) is 3.17. The first-order chi connectivity index (χ1) is 9.68. The van der Waals surface area contributed by atoms with E-state index in [-0.39, 0.29) is 13.2 Å². The van der Waals surface area contributed by atoms with Crippen molar-refractivity contribution < 1.29 is 14.6 Å². The summed E-state index contributed by atoms with van der Waals surface area (Å²) in [5.74, 6) is 1.37. The van der Waals surface area contributed by atoms with E-state index in [1.807, 2.05) is 48.5 Å². The van der Waals surface area contributed by atoms with Crippen LogP contribution in [0.15, 0.2) is 54.6 Å². The zero-order valence-electron chi connectivity index (χ0n) is 11.5. The average molecular weight is 273 g/mol. The highest BCUT2D eigenvalue weighted by Gasteiger charge is 2.27. The molecule has 20 heavy (non-hydrogen) atoms. The van der Waals surface area contributed by atoms with Gasteiger partial charge < -0.3 is 20.3 Å². The number of rotatable bonds is 6. The van der Waals surface area contributed by atoms with Crippen LogP contribution >= 0.6 is 0 Å². The predicted molar refractivity (Wildman–Crippen MR) is 77.9 cm³/mol. The van der Waals surface area contributed by atoms with Crippen LogP contribution in [0.5, 0.6) is 11.5 Å². The molecule has 2 aromatic carbocycles. The molecule has 0 aliphatic carbocycles. The topological polar surface area (TPSA) is 64.7 Å². The Morgan fingerprint density at radius 3 is 2.40 bits per heavy atom. The number of ether oxygens (including phenoxy) is 2. The molecule has 106 valence electrons. The predicted octanol–water partition coefficient (Wildman–Crippen LogP) is 1.92. The van der Waals surface area contributed by atoms with Crippen molar-refractivity contribution in [3.8, 4) is 11.5 Å². The third-order valence-corrected chi connectivity index (χ3v) is 3.17. The van der Waals surface area contributed by atoms with Crippen LogP contribution in [-0.2, 0) is 5.54 Å². The van der Waals surface area contributed by atoms with E-state index in [2.05, 4.69) is 0 Å². The second-order valence-electron chi connectivity index (χ2n) is 4.65. The van der Waals surface area contributed by atoms with E-state index < -0.39 is 5.54 Å². The van der Waals surface area contributed by atoms with Crippen molar-refractivity contribution in [3.05, 3.63) is 60.2 Å². The van der Waals surface area contributed by atoms with Crippen molar-refractivity contribution in [3.63, 3.8) is 0 Å². The van der Waals surface area contributed by atoms with Gasteiger partial charge in [0.1, 0.15) is 18.1 Å². The van der Waals surface area contributed by atoms with Crippen LogP contribution in [0.25, 0.3) is 0 Å². The molecule has 0 heterocycles. The molecule has 1 atom stereocenters. The minimum Gasteiger partial charge on any atom is -0.497 e. The molecule has 0 saturated heterocycles. The molecule has 4 heteroatoms. The summed E-state index contributed by atoms with van der Waals surface area (Å²) in [5.41, 5.74) is 6.14. The summed E-state index contributed by atoms with van der Waals surface area (Å²) >= 11 is 0. The minimum atomic E-state index is -0.926. The average Bonchev–Trinajstić information content (AvgIpc) is 2.53. The summed E-state index contributed by atoms with van der Waals surface area (Å²) < 4.78 is 10.8. The largest absolute Gasteiger partial charge is 0.497 e. The molecule has 2 rings (SSSR count). The molecule has 0 aliphatic rings. The molecule has 2 aromatic rings. The van der Waals surface area contributed by atoms with Crippen LogP contribution in [0.1, 0.15) is 5.56 Å². The number of hydrogen-bond donors (Lipinski definition) is 2. The maximum Gasteiger partial charge on any atom is 0.123 e. The molecule has 0 fully saturated rings. The van der Waals surface area contributed by atoms with E-state index in [0.717, 1.165) is 5.56 Å². The van der Waals surface area contributed by atoms with E-state index in [9.17, 15) is 5.11 Å². The van der Waals surface area contributed by atoms with E-state index in [1.54, 1.807) is 13.2 Å². The standard InChI is InChI=1S/C16H19NO3/c1-19-14-8-5-9-15(10-14)20-12-16(17,11-18)13-6-3-2-4-7-13/h2-10,18H,11-12,17H2,1H3. The fourth-order valence-corrected chi connectivity index (χ4v) is 1.89. The molecule has 0 aromatic heterocycles. The van der Waals surface area contributed by atoms with Crippen LogP contribution in [-0.4, -0.2) is 25.4 Å². The smallest absolute Gasteiger partial charge is 0.123 e. The summed E-state index contributed by atoms with van der Waals surface area (Å²) in [6.45, 7) is -0.0122. The Bertz CT molecular complexity index is 544. The minimum absolute atomic E-state index is 0.181. The zero-order valence-corrected chi connectivity index (χ0v) is 11.5.